The van der Waals surface area contributed by atoms with Crippen LogP contribution in [0, 0.1) is 0 Å². The van der Waals surface area contributed by atoms with Gasteiger partial charge in [0.05, 0.1) is 19.6 Å². The summed E-state index contributed by atoms with van der Waals surface area (Å²) in [4.78, 5) is 24.1. The normalized spacial score (nSPS) is 13.3. The van der Waals surface area contributed by atoms with Crippen LogP contribution in [-0.2, 0) is 16.1 Å². The minimum Gasteiger partial charge on any atom is -0.469 e. The maximum atomic E-state index is 12.4. The number of nitrogens with one attached hydrogen (secondary N) is 2. The molecular weight excluding hydrogens is 421 g/mol. The van der Waals surface area contributed by atoms with Crippen molar-refractivity contribution in [3.63, 3.8) is 0 Å². The lowest BCUT2D eigenvalue weighted by molar-refractivity contribution is -0.274. The van der Waals surface area contributed by atoms with Crippen molar-refractivity contribution in [3.8, 4) is 17.2 Å². The van der Waals surface area contributed by atoms with Gasteiger partial charge in [-0.05, 0) is 35.4 Å². The molecule has 1 aliphatic rings. The number of hydrogen-bond donors (Lipinski definition) is 2. The molecule has 0 bridgehead atoms. The van der Waals surface area contributed by atoms with Crippen molar-refractivity contribution >= 4 is 12.0 Å². The maximum Gasteiger partial charge on any atom is 0.573 e. The zero-order valence-electron chi connectivity index (χ0n) is 16.3. The molecule has 0 radical (unpaired) electrons. The second-order valence-corrected chi connectivity index (χ2v) is 6.46. The number of rotatable bonds is 7. The molecule has 2 aromatic carbocycles. The van der Waals surface area contributed by atoms with Crippen LogP contribution in [0.4, 0.5) is 18.0 Å². The average Bonchev–Trinajstić information content (AvgIpc) is 3.19. The largest absolute Gasteiger partial charge is 0.573 e. The Morgan fingerprint density at radius 1 is 1.10 bits per heavy atom. The highest BCUT2D eigenvalue weighted by molar-refractivity contribution is 5.76. The third-order valence-corrected chi connectivity index (χ3v) is 4.31. The van der Waals surface area contributed by atoms with Crippen LogP contribution in [0.25, 0.3) is 0 Å². The number of hydrogen-bond acceptors (Lipinski definition) is 6. The third-order valence-electron chi connectivity index (χ3n) is 4.31. The van der Waals surface area contributed by atoms with Gasteiger partial charge in [0.1, 0.15) is 5.75 Å². The number of halogens is 3. The summed E-state index contributed by atoms with van der Waals surface area (Å²) in [5.41, 5.74) is 1.16. The van der Waals surface area contributed by atoms with E-state index in [1.165, 1.54) is 19.2 Å². The predicted octanol–water partition coefficient (Wildman–Crippen LogP) is 3.42. The van der Waals surface area contributed by atoms with Crippen molar-refractivity contribution in [2.24, 2.45) is 0 Å². The lowest BCUT2D eigenvalue weighted by Gasteiger charge is -2.19. The van der Waals surface area contributed by atoms with Crippen LogP contribution in [-0.4, -0.2) is 32.3 Å². The topological polar surface area (TPSA) is 95.1 Å². The van der Waals surface area contributed by atoms with E-state index in [0.717, 1.165) is 17.7 Å². The van der Waals surface area contributed by atoms with Gasteiger partial charge in [-0.25, -0.2) is 4.79 Å². The molecule has 0 unspecified atom stereocenters. The highest BCUT2D eigenvalue weighted by Crippen LogP contribution is 2.32. The Bertz CT molecular complexity index is 934. The zero-order valence-corrected chi connectivity index (χ0v) is 16.3. The molecule has 8 nitrogen and oxygen atoms in total. The molecule has 0 fully saturated rings. The summed E-state index contributed by atoms with van der Waals surface area (Å²) in [6.07, 6.45) is -5.03. The molecule has 2 amide bonds. The Morgan fingerprint density at radius 2 is 1.81 bits per heavy atom. The van der Waals surface area contributed by atoms with Crippen LogP contribution in [0.3, 0.4) is 0 Å². The van der Waals surface area contributed by atoms with Gasteiger partial charge in [0.15, 0.2) is 11.5 Å². The summed E-state index contributed by atoms with van der Waals surface area (Å²) >= 11 is 0. The molecule has 11 heteroatoms. The van der Waals surface area contributed by atoms with Crippen LogP contribution < -0.4 is 24.8 Å². The summed E-state index contributed by atoms with van der Waals surface area (Å²) < 4.78 is 55.9. The fraction of sp³-hybridized carbons (Fsp3) is 0.300. The van der Waals surface area contributed by atoms with Gasteiger partial charge >= 0.3 is 18.4 Å². The van der Waals surface area contributed by atoms with Gasteiger partial charge in [-0.3, -0.25) is 4.79 Å². The highest BCUT2D eigenvalue weighted by atomic mass is 19.4. The Labute approximate surface area is 175 Å². The van der Waals surface area contributed by atoms with E-state index in [0.29, 0.717) is 17.1 Å². The van der Waals surface area contributed by atoms with Gasteiger partial charge < -0.3 is 29.6 Å². The summed E-state index contributed by atoms with van der Waals surface area (Å²) in [5.74, 6) is 0.172. The Morgan fingerprint density at radius 3 is 2.48 bits per heavy atom. The first-order chi connectivity index (χ1) is 14.7. The van der Waals surface area contributed by atoms with Crippen LogP contribution in [0.15, 0.2) is 42.5 Å². The standard InChI is InChI=1S/C20H19F3N2O6/c1-28-18(26)9-15(13-3-5-14(6-4-13)31-20(21,22)23)25-19(27)24-10-12-2-7-16-17(8-12)30-11-29-16/h2-8,15H,9-11H2,1H3,(H2,24,25,27)/t15-/m1/s1. The van der Waals surface area contributed by atoms with Crippen LogP contribution in [0.1, 0.15) is 23.6 Å². The fourth-order valence-electron chi connectivity index (χ4n) is 2.85. The van der Waals surface area contributed by atoms with Gasteiger partial charge in [0.25, 0.3) is 0 Å². The van der Waals surface area contributed by atoms with Crippen molar-refractivity contribution in [3.05, 3.63) is 53.6 Å². The number of amides is 2. The van der Waals surface area contributed by atoms with E-state index in [9.17, 15) is 22.8 Å². The summed E-state index contributed by atoms with van der Waals surface area (Å²) in [5, 5.41) is 5.27. The van der Waals surface area contributed by atoms with Crippen molar-refractivity contribution in [2.45, 2.75) is 25.4 Å². The molecule has 2 aromatic rings. The summed E-state index contributed by atoms with van der Waals surface area (Å²) in [6.45, 7) is 0.306. The Kier molecular flexibility index (Phi) is 6.73. The SMILES string of the molecule is COC(=O)C[C@@H](NC(=O)NCc1ccc2c(c1)OCO2)c1ccc(OC(F)(F)F)cc1. The maximum absolute atomic E-state index is 12.4. The van der Waals surface area contributed by atoms with Crippen LogP contribution in [0.2, 0.25) is 0 Å². The molecule has 0 spiro atoms. The Balaban J connectivity index is 1.63. The molecule has 3 rings (SSSR count). The molecule has 166 valence electrons. The molecule has 1 aliphatic heterocycles. The minimum absolute atomic E-state index is 0.134. The molecule has 1 atom stereocenters. The van der Waals surface area contributed by atoms with Crippen LogP contribution in [0.5, 0.6) is 17.2 Å². The average molecular weight is 440 g/mol. The number of carbonyl (C=O) groups is 2. The predicted molar refractivity (Wildman–Crippen MR) is 100 cm³/mol. The quantitative estimate of drug-likeness (QED) is 0.641. The Hall–Kier alpha value is -3.63. The van der Waals surface area contributed by atoms with Crippen molar-refractivity contribution in [1.29, 1.82) is 0 Å². The fourth-order valence-corrected chi connectivity index (χ4v) is 2.85. The van der Waals surface area contributed by atoms with Gasteiger partial charge in [-0.15, -0.1) is 13.2 Å². The molecule has 1 heterocycles. The lowest BCUT2D eigenvalue weighted by atomic mass is 10.0. The van der Waals surface area contributed by atoms with E-state index in [2.05, 4.69) is 20.1 Å². The van der Waals surface area contributed by atoms with E-state index in [4.69, 9.17) is 9.47 Å². The number of benzene rings is 2. The molecule has 0 aliphatic carbocycles. The summed E-state index contributed by atoms with van der Waals surface area (Å²) in [7, 11) is 1.19. The van der Waals surface area contributed by atoms with Crippen molar-refractivity contribution in [1.82, 2.24) is 10.6 Å². The van der Waals surface area contributed by atoms with Crippen LogP contribution >= 0.6 is 0 Å². The first kappa shape index (κ1) is 22.1. The number of alkyl halides is 3. The molecule has 0 aromatic heterocycles. The van der Waals surface area contributed by atoms with Gasteiger partial charge in [-0.2, -0.15) is 0 Å². The molecule has 2 N–H and O–H groups in total. The van der Waals surface area contributed by atoms with E-state index in [1.54, 1.807) is 18.2 Å². The van der Waals surface area contributed by atoms with E-state index < -0.39 is 30.2 Å². The first-order valence-corrected chi connectivity index (χ1v) is 9.09. The van der Waals surface area contributed by atoms with Crippen molar-refractivity contribution in [2.75, 3.05) is 13.9 Å². The highest BCUT2D eigenvalue weighted by Gasteiger charge is 2.31. The zero-order chi connectivity index (χ0) is 22.4. The summed E-state index contributed by atoms with van der Waals surface area (Å²) in [6, 6.07) is 8.65. The number of carbonyl (C=O) groups excluding carboxylic acids is 2. The molecule has 31 heavy (non-hydrogen) atoms. The number of ether oxygens (including phenoxy) is 4. The lowest BCUT2D eigenvalue weighted by Crippen LogP contribution is -2.38. The minimum atomic E-state index is -4.82. The molecular formula is C20H19F3N2O6. The van der Waals surface area contributed by atoms with Gasteiger partial charge in [-0.1, -0.05) is 18.2 Å². The number of esters is 1. The van der Waals surface area contributed by atoms with Crippen molar-refractivity contribution < 1.29 is 41.7 Å². The molecule has 0 saturated carbocycles. The van der Waals surface area contributed by atoms with Gasteiger partial charge in [0.2, 0.25) is 6.79 Å². The van der Waals surface area contributed by atoms with E-state index in [1.807, 2.05) is 0 Å². The first-order valence-electron chi connectivity index (χ1n) is 9.09. The second kappa shape index (κ2) is 9.45. The smallest absolute Gasteiger partial charge is 0.469 e. The molecule has 0 saturated heterocycles. The number of fused-ring (bicyclic) bond motifs is 1. The second-order valence-electron chi connectivity index (χ2n) is 6.46. The third kappa shape index (κ3) is 6.43. The van der Waals surface area contributed by atoms with Gasteiger partial charge in [0, 0.05) is 6.54 Å². The van der Waals surface area contributed by atoms with E-state index >= 15 is 0 Å². The monoisotopic (exact) mass is 440 g/mol. The number of methoxy groups -OCH3 is 1. The number of urea groups is 1. The van der Waals surface area contributed by atoms with E-state index in [-0.39, 0.29) is 19.8 Å².